The molecule has 0 atom stereocenters. The van der Waals surface area contributed by atoms with Crippen molar-refractivity contribution in [2.75, 3.05) is 10.6 Å². The Kier molecular flexibility index (Phi) is 4.72. The zero-order valence-corrected chi connectivity index (χ0v) is 13.9. The van der Waals surface area contributed by atoms with Gasteiger partial charge in [-0.15, -0.1) is 0 Å². The first kappa shape index (κ1) is 16.0. The number of hydrogen-bond acceptors (Lipinski definition) is 3. The Morgan fingerprint density at radius 2 is 1.62 bits per heavy atom. The summed E-state index contributed by atoms with van der Waals surface area (Å²) in [5.41, 5.74) is 3.31. The number of nitrogens with one attached hydrogen (secondary N) is 2. The SMILES string of the molecule is Cc1ccc(NC(=O)c2ccccc2NC(=O)c2ccsc2)cc1. The summed E-state index contributed by atoms with van der Waals surface area (Å²) in [6.07, 6.45) is 0. The lowest BCUT2D eigenvalue weighted by Crippen LogP contribution is -2.17. The molecule has 0 aliphatic heterocycles. The van der Waals surface area contributed by atoms with Gasteiger partial charge in [-0.1, -0.05) is 29.8 Å². The molecule has 2 aromatic carbocycles. The van der Waals surface area contributed by atoms with E-state index >= 15 is 0 Å². The first-order chi connectivity index (χ1) is 11.6. The molecular weight excluding hydrogens is 320 g/mol. The standard InChI is InChI=1S/C19H16N2O2S/c1-13-6-8-15(9-7-13)20-19(23)16-4-2-3-5-17(16)21-18(22)14-10-11-24-12-14/h2-12H,1H3,(H,20,23)(H,21,22). The third-order valence-electron chi connectivity index (χ3n) is 3.51. The summed E-state index contributed by atoms with van der Waals surface area (Å²) in [5.74, 6) is -0.494. The molecule has 0 saturated carbocycles. The van der Waals surface area contributed by atoms with Crippen LogP contribution in [0.25, 0.3) is 0 Å². The van der Waals surface area contributed by atoms with E-state index < -0.39 is 0 Å². The molecule has 2 N–H and O–H groups in total. The molecule has 0 saturated heterocycles. The molecule has 120 valence electrons. The molecule has 0 radical (unpaired) electrons. The van der Waals surface area contributed by atoms with Crippen molar-refractivity contribution in [3.05, 3.63) is 82.0 Å². The van der Waals surface area contributed by atoms with Gasteiger partial charge in [0.15, 0.2) is 0 Å². The molecular formula is C19H16N2O2S. The molecule has 2 amide bonds. The summed E-state index contributed by atoms with van der Waals surface area (Å²) >= 11 is 1.45. The van der Waals surface area contributed by atoms with Crippen LogP contribution < -0.4 is 10.6 Å². The molecule has 1 aromatic heterocycles. The molecule has 3 aromatic rings. The highest BCUT2D eigenvalue weighted by molar-refractivity contribution is 7.08. The number of para-hydroxylation sites is 1. The molecule has 0 bridgehead atoms. The largest absolute Gasteiger partial charge is 0.322 e. The van der Waals surface area contributed by atoms with Crippen molar-refractivity contribution < 1.29 is 9.59 Å². The van der Waals surface area contributed by atoms with Gasteiger partial charge in [0.05, 0.1) is 16.8 Å². The lowest BCUT2D eigenvalue weighted by Gasteiger charge is -2.11. The number of amides is 2. The molecule has 0 fully saturated rings. The average molecular weight is 336 g/mol. The van der Waals surface area contributed by atoms with Crippen LogP contribution in [-0.4, -0.2) is 11.8 Å². The van der Waals surface area contributed by atoms with Gasteiger partial charge < -0.3 is 10.6 Å². The van der Waals surface area contributed by atoms with Crippen LogP contribution in [0.3, 0.4) is 0 Å². The van der Waals surface area contributed by atoms with Crippen LogP contribution in [0.15, 0.2) is 65.4 Å². The highest BCUT2D eigenvalue weighted by Crippen LogP contribution is 2.19. The van der Waals surface area contributed by atoms with E-state index in [2.05, 4.69) is 10.6 Å². The van der Waals surface area contributed by atoms with Crippen molar-refractivity contribution in [1.82, 2.24) is 0 Å². The number of hydrogen-bond donors (Lipinski definition) is 2. The van der Waals surface area contributed by atoms with Gasteiger partial charge in [-0.05, 0) is 42.6 Å². The number of anilines is 2. The summed E-state index contributed by atoms with van der Waals surface area (Å²) in [4.78, 5) is 24.7. The normalized spacial score (nSPS) is 10.2. The Balaban J connectivity index is 1.79. The Morgan fingerprint density at radius 3 is 2.33 bits per heavy atom. The zero-order chi connectivity index (χ0) is 16.9. The minimum absolute atomic E-state index is 0.230. The van der Waals surface area contributed by atoms with Crippen LogP contribution in [0, 0.1) is 6.92 Å². The first-order valence-electron chi connectivity index (χ1n) is 7.44. The highest BCUT2D eigenvalue weighted by atomic mass is 32.1. The quantitative estimate of drug-likeness (QED) is 0.734. The van der Waals surface area contributed by atoms with Gasteiger partial charge in [0.25, 0.3) is 11.8 Å². The van der Waals surface area contributed by atoms with Crippen LogP contribution >= 0.6 is 11.3 Å². The summed E-state index contributed by atoms with van der Waals surface area (Å²) in [6.45, 7) is 1.99. The predicted molar refractivity (Wildman–Crippen MR) is 97.8 cm³/mol. The van der Waals surface area contributed by atoms with Gasteiger partial charge in [0, 0.05) is 11.1 Å². The third-order valence-corrected chi connectivity index (χ3v) is 4.20. The second kappa shape index (κ2) is 7.10. The monoisotopic (exact) mass is 336 g/mol. The van der Waals surface area contributed by atoms with Crippen molar-refractivity contribution in [2.24, 2.45) is 0 Å². The van der Waals surface area contributed by atoms with E-state index in [1.807, 2.05) is 36.6 Å². The minimum Gasteiger partial charge on any atom is -0.322 e. The van der Waals surface area contributed by atoms with Gasteiger partial charge in [-0.2, -0.15) is 11.3 Å². The maximum absolute atomic E-state index is 12.5. The fourth-order valence-electron chi connectivity index (χ4n) is 2.21. The van der Waals surface area contributed by atoms with Crippen LogP contribution in [0.4, 0.5) is 11.4 Å². The Hall–Kier alpha value is -2.92. The topological polar surface area (TPSA) is 58.2 Å². The Bertz CT molecular complexity index is 855. The van der Waals surface area contributed by atoms with Crippen molar-refractivity contribution in [3.63, 3.8) is 0 Å². The zero-order valence-electron chi connectivity index (χ0n) is 13.1. The van der Waals surface area contributed by atoms with Crippen molar-refractivity contribution in [2.45, 2.75) is 6.92 Å². The maximum Gasteiger partial charge on any atom is 0.257 e. The fraction of sp³-hybridized carbons (Fsp3) is 0.0526. The van der Waals surface area contributed by atoms with E-state index in [-0.39, 0.29) is 11.8 Å². The maximum atomic E-state index is 12.5. The highest BCUT2D eigenvalue weighted by Gasteiger charge is 2.14. The van der Waals surface area contributed by atoms with Gasteiger partial charge in [0.1, 0.15) is 0 Å². The summed E-state index contributed by atoms with van der Waals surface area (Å²) < 4.78 is 0. The summed E-state index contributed by atoms with van der Waals surface area (Å²) in [5, 5.41) is 9.25. The van der Waals surface area contributed by atoms with E-state index in [0.29, 0.717) is 22.5 Å². The van der Waals surface area contributed by atoms with E-state index in [4.69, 9.17) is 0 Å². The minimum atomic E-state index is -0.264. The number of thiophene rings is 1. The lowest BCUT2D eigenvalue weighted by atomic mass is 10.1. The first-order valence-corrected chi connectivity index (χ1v) is 8.38. The number of carbonyl (C=O) groups excluding carboxylic acids is 2. The van der Waals surface area contributed by atoms with Crippen LogP contribution in [0.5, 0.6) is 0 Å². The third kappa shape index (κ3) is 3.70. The number of aryl methyl sites for hydroxylation is 1. The summed E-state index contributed by atoms with van der Waals surface area (Å²) in [6, 6.07) is 16.3. The van der Waals surface area contributed by atoms with Crippen molar-refractivity contribution >= 4 is 34.5 Å². The van der Waals surface area contributed by atoms with Crippen LogP contribution in [0.1, 0.15) is 26.3 Å². The molecule has 4 nitrogen and oxygen atoms in total. The predicted octanol–water partition coefficient (Wildman–Crippen LogP) is 4.56. The van der Waals surface area contributed by atoms with E-state index in [9.17, 15) is 9.59 Å². The molecule has 3 rings (SSSR count). The second-order valence-electron chi connectivity index (χ2n) is 5.33. The smallest absolute Gasteiger partial charge is 0.257 e. The van der Waals surface area contributed by atoms with Gasteiger partial charge >= 0.3 is 0 Å². The molecule has 0 spiro atoms. The van der Waals surface area contributed by atoms with E-state index in [1.54, 1.807) is 35.7 Å². The molecule has 1 heterocycles. The lowest BCUT2D eigenvalue weighted by molar-refractivity contribution is 0.102. The van der Waals surface area contributed by atoms with Gasteiger partial charge in [-0.3, -0.25) is 9.59 Å². The summed E-state index contributed by atoms with van der Waals surface area (Å²) in [7, 11) is 0. The van der Waals surface area contributed by atoms with Gasteiger partial charge in [0.2, 0.25) is 0 Å². The van der Waals surface area contributed by atoms with Gasteiger partial charge in [-0.25, -0.2) is 0 Å². The second-order valence-corrected chi connectivity index (χ2v) is 6.11. The Morgan fingerprint density at radius 1 is 0.875 bits per heavy atom. The van der Waals surface area contributed by atoms with E-state index in [0.717, 1.165) is 5.56 Å². The molecule has 0 aliphatic rings. The van der Waals surface area contributed by atoms with Crippen LogP contribution in [0.2, 0.25) is 0 Å². The van der Waals surface area contributed by atoms with Crippen molar-refractivity contribution in [1.29, 1.82) is 0 Å². The molecule has 0 aliphatic carbocycles. The van der Waals surface area contributed by atoms with Crippen molar-refractivity contribution in [3.8, 4) is 0 Å². The van der Waals surface area contributed by atoms with Crippen LogP contribution in [-0.2, 0) is 0 Å². The fourth-order valence-corrected chi connectivity index (χ4v) is 2.85. The molecule has 5 heteroatoms. The number of rotatable bonds is 4. The Labute approximate surface area is 144 Å². The average Bonchev–Trinajstić information content (AvgIpc) is 3.12. The number of carbonyl (C=O) groups is 2. The molecule has 24 heavy (non-hydrogen) atoms. The number of benzene rings is 2. The van der Waals surface area contributed by atoms with E-state index in [1.165, 1.54) is 11.3 Å². The molecule has 0 unspecified atom stereocenters.